The van der Waals surface area contributed by atoms with E-state index in [2.05, 4.69) is 22.4 Å². The van der Waals surface area contributed by atoms with Crippen LogP contribution in [0.4, 0.5) is 18.3 Å². The lowest BCUT2D eigenvalue weighted by molar-refractivity contribution is -0.137. The van der Waals surface area contributed by atoms with Gasteiger partial charge in [-0.1, -0.05) is 30.4 Å². The van der Waals surface area contributed by atoms with Gasteiger partial charge < -0.3 is 4.74 Å². The molecule has 0 unspecified atom stereocenters. The average molecular weight is 421 g/mol. The molecule has 1 aromatic heterocycles. The van der Waals surface area contributed by atoms with Crippen LogP contribution in [0.3, 0.4) is 0 Å². The van der Waals surface area contributed by atoms with Crippen LogP contribution in [0.15, 0.2) is 48.5 Å². The molecule has 152 valence electrons. The van der Waals surface area contributed by atoms with Crippen molar-refractivity contribution in [2.24, 2.45) is 0 Å². The minimum absolute atomic E-state index is 0.105. The highest BCUT2D eigenvalue weighted by atomic mass is 32.1. The topological polar surface area (TPSA) is 64.1 Å². The number of amides is 1. The fourth-order valence-corrected chi connectivity index (χ4v) is 3.18. The lowest BCUT2D eigenvalue weighted by Crippen LogP contribution is -2.12. The van der Waals surface area contributed by atoms with Crippen molar-refractivity contribution in [3.63, 3.8) is 0 Å². The molecule has 0 spiro atoms. The Bertz CT molecular complexity index is 954. The summed E-state index contributed by atoms with van der Waals surface area (Å²) in [6.07, 6.45) is -2.96. The van der Waals surface area contributed by atoms with Gasteiger partial charge in [0.1, 0.15) is 10.8 Å². The minimum Gasteiger partial charge on any atom is -0.493 e. The summed E-state index contributed by atoms with van der Waals surface area (Å²) >= 11 is 1.19. The van der Waals surface area contributed by atoms with E-state index < -0.39 is 17.6 Å². The largest absolute Gasteiger partial charge is 0.493 e. The van der Waals surface area contributed by atoms with E-state index in [0.29, 0.717) is 18.0 Å². The van der Waals surface area contributed by atoms with Crippen molar-refractivity contribution >= 4 is 22.4 Å². The second kappa shape index (κ2) is 9.04. The predicted octanol–water partition coefficient (Wildman–Crippen LogP) is 4.99. The number of alkyl halides is 3. The van der Waals surface area contributed by atoms with Gasteiger partial charge in [-0.3, -0.25) is 10.1 Å². The minimum atomic E-state index is -4.44. The molecule has 0 fully saturated rings. The monoisotopic (exact) mass is 421 g/mol. The van der Waals surface area contributed by atoms with Gasteiger partial charge in [-0.2, -0.15) is 13.2 Å². The molecule has 9 heteroatoms. The third-order valence-electron chi connectivity index (χ3n) is 4.08. The van der Waals surface area contributed by atoms with Crippen LogP contribution in [0.2, 0.25) is 0 Å². The summed E-state index contributed by atoms with van der Waals surface area (Å²) in [4.78, 5) is 12.2. The van der Waals surface area contributed by atoms with Crippen LogP contribution in [-0.2, 0) is 19.0 Å². The molecule has 0 saturated heterocycles. The van der Waals surface area contributed by atoms with Gasteiger partial charge in [-0.25, -0.2) is 0 Å². The molecular weight excluding hydrogens is 403 g/mol. The van der Waals surface area contributed by atoms with Crippen LogP contribution in [0.25, 0.3) is 0 Å². The summed E-state index contributed by atoms with van der Waals surface area (Å²) in [6.45, 7) is 2.49. The summed E-state index contributed by atoms with van der Waals surface area (Å²) in [5.74, 6) is 0.219. The number of rotatable bonds is 7. The Morgan fingerprint density at radius 1 is 1.07 bits per heavy atom. The molecule has 2 aromatic carbocycles. The Kier molecular flexibility index (Phi) is 6.48. The van der Waals surface area contributed by atoms with Crippen LogP contribution >= 0.6 is 11.3 Å². The normalized spacial score (nSPS) is 11.3. The fourth-order valence-electron chi connectivity index (χ4n) is 2.46. The molecule has 1 amide bonds. The number of nitrogens with zero attached hydrogens (tertiary/aromatic N) is 2. The van der Waals surface area contributed by atoms with Crippen LogP contribution in [0, 0.1) is 0 Å². The van der Waals surface area contributed by atoms with Crippen molar-refractivity contribution in [3.05, 3.63) is 70.2 Å². The first kappa shape index (κ1) is 20.8. The molecule has 3 rings (SSSR count). The molecule has 0 radical (unpaired) electrons. The first-order chi connectivity index (χ1) is 13.8. The summed E-state index contributed by atoms with van der Waals surface area (Å²) in [7, 11) is 0. The van der Waals surface area contributed by atoms with E-state index in [4.69, 9.17) is 4.74 Å². The molecule has 0 aliphatic heterocycles. The number of hydrogen-bond donors (Lipinski definition) is 1. The molecule has 1 heterocycles. The lowest BCUT2D eigenvalue weighted by atomic mass is 10.1. The molecule has 29 heavy (non-hydrogen) atoms. The van der Waals surface area contributed by atoms with Crippen molar-refractivity contribution in [3.8, 4) is 5.75 Å². The molecule has 3 aromatic rings. The Morgan fingerprint density at radius 2 is 1.76 bits per heavy atom. The number of benzene rings is 2. The number of carbonyl (C=O) groups excluding carboxylic acids is 1. The fraction of sp³-hybridized carbons (Fsp3) is 0.250. The van der Waals surface area contributed by atoms with Gasteiger partial charge in [0, 0.05) is 12.0 Å². The van der Waals surface area contributed by atoms with E-state index in [1.807, 2.05) is 24.3 Å². The van der Waals surface area contributed by atoms with Gasteiger partial charge in [-0.15, -0.1) is 10.2 Å². The van der Waals surface area contributed by atoms with E-state index in [0.717, 1.165) is 36.4 Å². The highest BCUT2D eigenvalue weighted by Gasteiger charge is 2.30. The van der Waals surface area contributed by atoms with Gasteiger partial charge in [0.2, 0.25) is 5.13 Å². The smallest absolute Gasteiger partial charge is 0.416 e. The van der Waals surface area contributed by atoms with E-state index in [-0.39, 0.29) is 10.7 Å². The van der Waals surface area contributed by atoms with Crippen molar-refractivity contribution in [1.29, 1.82) is 0 Å². The zero-order valence-electron chi connectivity index (χ0n) is 15.5. The van der Waals surface area contributed by atoms with E-state index in [1.54, 1.807) is 0 Å². The predicted molar refractivity (Wildman–Crippen MR) is 104 cm³/mol. The van der Waals surface area contributed by atoms with Gasteiger partial charge in [0.25, 0.3) is 5.91 Å². The van der Waals surface area contributed by atoms with Crippen LogP contribution in [-0.4, -0.2) is 22.7 Å². The lowest BCUT2D eigenvalue weighted by Gasteiger charge is -2.07. The standard InChI is InChI=1S/C20H18F3N3O2S/c1-2-13-3-9-16(10-4-13)28-12-11-17-25-26-19(29-17)24-18(27)14-5-7-15(8-6-14)20(21,22)23/h3-10H,2,11-12H2,1H3,(H,24,26,27). The van der Waals surface area contributed by atoms with Crippen molar-refractivity contribution in [2.45, 2.75) is 25.9 Å². The van der Waals surface area contributed by atoms with Gasteiger partial charge in [0.15, 0.2) is 0 Å². The number of halogens is 3. The molecule has 0 aliphatic rings. The van der Waals surface area contributed by atoms with Gasteiger partial charge >= 0.3 is 6.18 Å². The summed E-state index contributed by atoms with van der Waals surface area (Å²) < 4.78 is 43.4. The zero-order chi connectivity index (χ0) is 20.9. The zero-order valence-corrected chi connectivity index (χ0v) is 16.3. The number of carbonyl (C=O) groups is 1. The molecule has 0 saturated carbocycles. The molecule has 0 bridgehead atoms. The van der Waals surface area contributed by atoms with Crippen molar-refractivity contribution in [2.75, 3.05) is 11.9 Å². The SMILES string of the molecule is CCc1ccc(OCCc2nnc(NC(=O)c3ccc(C(F)(F)F)cc3)s2)cc1. The van der Waals surface area contributed by atoms with Crippen molar-refractivity contribution in [1.82, 2.24) is 10.2 Å². The Morgan fingerprint density at radius 3 is 2.38 bits per heavy atom. The first-order valence-electron chi connectivity index (χ1n) is 8.88. The number of aromatic nitrogens is 2. The summed E-state index contributed by atoms with van der Waals surface area (Å²) in [5, 5.41) is 11.4. The van der Waals surface area contributed by atoms with E-state index in [9.17, 15) is 18.0 Å². The number of anilines is 1. The number of hydrogen-bond acceptors (Lipinski definition) is 5. The highest BCUT2D eigenvalue weighted by molar-refractivity contribution is 7.15. The quantitative estimate of drug-likeness (QED) is 0.584. The summed E-state index contributed by atoms with van der Waals surface area (Å²) in [5.41, 5.74) is 0.528. The number of ether oxygens (including phenoxy) is 1. The van der Waals surface area contributed by atoms with Crippen LogP contribution in [0.5, 0.6) is 5.75 Å². The maximum atomic E-state index is 12.6. The number of aryl methyl sites for hydroxylation is 1. The summed E-state index contributed by atoms with van der Waals surface area (Å²) in [6, 6.07) is 11.8. The third kappa shape index (κ3) is 5.77. The highest BCUT2D eigenvalue weighted by Crippen LogP contribution is 2.29. The van der Waals surface area contributed by atoms with Gasteiger partial charge in [0.05, 0.1) is 12.2 Å². The molecule has 5 nitrogen and oxygen atoms in total. The van der Waals surface area contributed by atoms with Crippen LogP contribution < -0.4 is 10.1 Å². The molecule has 0 atom stereocenters. The van der Waals surface area contributed by atoms with Crippen LogP contribution in [0.1, 0.15) is 33.4 Å². The second-order valence-corrected chi connectivity index (χ2v) is 7.19. The average Bonchev–Trinajstić information content (AvgIpc) is 3.15. The van der Waals surface area contributed by atoms with E-state index in [1.165, 1.54) is 16.9 Å². The van der Waals surface area contributed by atoms with E-state index >= 15 is 0 Å². The number of nitrogens with one attached hydrogen (secondary N) is 1. The maximum Gasteiger partial charge on any atom is 0.416 e. The maximum absolute atomic E-state index is 12.6. The van der Waals surface area contributed by atoms with Crippen molar-refractivity contribution < 1.29 is 22.7 Å². The third-order valence-corrected chi connectivity index (χ3v) is 4.98. The molecule has 0 aliphatic carbocycles. The molecular formula is C20H18F3N3O2S. The Labute approximate surface area is 169 Å². The Balaban J connectivity index is 1.51. The second-order valence-electron chi connectivity index (χ2n) is 6.13. The van der Waals surface area contributed by atoms with Gasteiger partial charge in [-0.05, 0) is 48.4 Å². The molecule has 1 N–H and O–H groups in total. The Hall–Kier alpha value is -2.94. The first-order valence-corrected chi connectivity index (χ1v) is 9.69.